The van der Waals surface area contributed by atoms with E-state index in [4.69, 9.17) is 51.0 Å². The number of guanidine groups is 2. The molecule has 3 aliphatic heterocycles. The normalized spacial score (nSPS) is 13.3. The van der Waals surface area contributed by atoms with Gasteiger partial charge in [0, 0.05) is 99.1 Å². The number of hydrogen-bond acceptors (Lipinski definition) is 17. The van der Waals surface area contributed by atoms with Gasteiger partial charge in [-0.1, -0.05) is 62.9 Å². The number of morpholine rings is 2. The number of aliphatic imine (C=N–C) groups is 1. The van der Waals surface area contributed by atoms with Crippen molar-refractivity contribution in [2.75, 3.05) is 213 Å². The molecule has 0 amide bonds. The van der Waals surface area contributed by atoms with Crippen molar-refractivity contribution >= 4 is 23.3 Å². The van der Waals surface area contributed by atoms with E-state index in [0.717, 1.165) is 160 Å². The average molecular weight is 1100 g/mol. The zero-order valence-electron chi connectivity index (χ0n) is 50.6. The van der Waals surface area contributed by atoms with Crippen LogP contribution in [-0.2, 0) is 28.4 Å². The standard InChI is InChI=1S/C15H17N3.C8H17NO.C6H16N2.C6H15NO2.C5H11NO.C4H9NO.C4H11NO.C4H9N.C3H7N.CH5N3/c1-11-7-3-5-9-13(11)17-15(16)18-14-10-6-4-8-12(14)2;1-4-9(5-2)7-8-10-6-3;1-7(2)5-6-8(3)4;1-8-5-3-7-4-6-9-2;1-6-2-4-7-5-3-6;1-3-6-4-2-5-1;1-6-4-2-3-5;1-2-4-5-3-1;1-2-3-4;2-1(3)4/h3-10H,1-2H3,(H3,16,17,18);6H,3-5,7-8H2,1-2H3;5-6H2,1-4H3;7H,3-6H2,1-2H3;2-5H2,1H3;5H,1-4H2;2-5H2,1H3;5H,1-4H2;2H,1,3-4H2;(H5,2,3,4). The highest BCUT2D eigenvalue weighted by Gasteiger charge is 2.03. The molecule has 21 nitrogen and oxygen atoms in total. The first-order chi connectivity index (χ1) is 37.0. The Morgan fingerprint density at radius 1 is 0.727 bits per heavy atom. The molecule has 0 aliphatic carbocycles. The van der Waals surface area contributed by atoms with Gasteiger partial charge >= 0.3 is 0 Å². The molecule has 21 heteroatoms. The van der Waals surface area contributed by atoms with E-state index in [1.54, 1.807) is 27.4 Å². The Balaban J connectivity index is -0.000000260. The van der Waals surface area contributed by atoms with E-state index < -0.39 is 0 Å². The molecule has 3 aliphatic rings. The van der Waals surface area contributed by atoms with Crippen LogP contribution < -0.4 is 49.9 Å². The van der Waals surface area contributed by atoms with Crippen LogP contribution in [0.4, 0.5) is 11.4 Å². The summed E-state index contributed by atoms with van der Waals surface area (Å²) in [6, 6.07) is 15.9. The molecule has 0 radical (unpaired) electrons. The summed E-state index contributed by atoms with van der Waals surface area (Å²) in [6.07, 6.45) is 6.89. The van der Waals surface area contributed by atoms with E-state index >= 15 is 0 Å². The number of nitrogens with two attached hydrogens (primary N) is 5. The molecule has 3 saturated heterocycles. The van der Waals surface area contributed by atoms with Gasteiger partial charge in [0.2, 0.25) is 0 Å². The van der Waals surface area contributed by atoms with Gasteiger partial charge in [-0.2, -0.15) is 0 Å². The lowest BCUT2D eigenvalue weighted by Gasteiger charge is -2.21. The first-order valence-electron chi connectivity index (χ1n) is 27.0. The monoisotopic (exact) mass is 1100 g/mol. The third kappa shape index (κ3) is 73.8. The predicted molar refractivity (Wildman–Crippen MR) is 330 cm³/mol. The van der Waals surface area contributed by atoms with Gasteiger partial charge in [0.25, 0.3) is 0 Å². The number of ether oxygens (including phenoxy) is 6. The van der Waals surface area contributed by atoms with E-state index in [1.807, 2.05) is 62.4 Å². The van der Waals surface area contributed by atoms with E-state index in [2.05, 4.69) is 120 Å². The maximum Gasteiger partial charge on any atom is 0.198 e. The number of likely N-dealkylation sites (N-methyl/N-ethyl adjacent to an activating group) is 4. The summed E-state index contributed by atoms with van der Waals surface area (Å²) < 4.78 is 29.4. The first-order valence-corrected chi connectivity index (χ1v) is 27.0. The van der Waals surface area contributed by atoms with Gasteiger partial charge in [0.05, 0.1) is 58.2 Å². The highest BCUT2D eigenvalue weighted by molar-refractivity contribution is 5.94. The quantitative estimate of drug-likeness (QED) is 0.0280. The molecule has 0 saturated carbocycles. The van der Waals surface area contributed by atoms with Crippen LogP contribution in [0.15, 0.2) is 79.0 Å². The lowest BCUT2D eigenvalue weighted by Crippen LogP contribution is -2.32. The maximum absolute atomic E-state index is 6.06. The number of para-hydroxylation sites is 2. The fraction of sp³-hybridized carbons (Fsp3) is 0.679. The Labute approximate surface area is 469 Å². The second-order valence-electron chi connectivity index (χ2n) is 17.5. The van der Waals surface area contributed by atoms with Crippen LogP contribution in [-0.4, -0.2) is 239 Å². The highest BCUT2D eigenvalue weighted by Crippen LogP contribution is 2.18. The van der Waals surface area contributed by atoms with Crippen LogP contribution in [0.25, 0.3) is 0 Å². The van der Waals surface area contributed by atoms with Crippen molar-refractivity contribution in [3.05, 3.63) is 85.2 Å². The molecule has 3 fully saturated rings. The second kappa shape index (κ2) is 67.8. The number of rotatable bonds is 21. The average Bonchev–Trinajstić information content (AvgIpc) is 4.03. The maximum atomic E-state index is 6.06. The lowest BCUT2D eigenvalue weighted by atomic mass is 10.2. The zero-order valence-corrected chi connectivity index (χ0v) is 50.6. The van der Waals surface area contributed by atoms with Crippen LogP contribution in [0.5, 0.6) is 0 Å². The van der Waals surface area contributed by atoms with E-state index in [0.29, 0.717) is 12.5 Å². The van der Waals surface area contributed by atoms with Crippen LogP contribution in [0.1, 0.15) is 44.2 Å². The number of nitrogens with one attached hydrogen (secondary N) is 5. The molecule has 15 N–H and O–H groups in total. The molecule has 0 bridgehead atoms. The Hall–Kier alpha value is -4.30. The van der Waals surface area contributed by atoms with Crippen LogP contribution >= 0.6 is 0 Å². The summed E-state index contributed by atoms with van der Waals surface area (Å²) >= 11 is 0. The summed E-state index contributed by atoms with van der Waals surface area (Å²) in [5, 5.41) is 18.7. The molecule has 0 spiro atoms. The van der Waals surface area contributed by atoms with Crippen LogP contribution in [0.2, 0.25) is 0 Å². The Bertz CT molecular complexity index is 1490. The molecule has 5 rings (SSSR count). The summed E-state index contributed by atoms with van der Waals surface area (Å²) in [5.41, 5.74) is 29.0. The Kier molecular flexibility index (Phi) is 71.8. The Morgan fingerprint density at radius 2 is 1.19 bits per heavy atom. The summed E-state index contributed by atoms with van der Waals surface area (Å²) in [7, 11) is 15.5. The minimum Gasteiger partial charge on any atom is -0.500 e. The van der Waals surface area contributed by atoms with Crippen molar-refractivity contribution in [2.45, 2.75) is 47.0 Å². The lowest BCUT2D eigenvalue weighted by molar-refractivity contribution is 0.0503. The molecule has 0 unspecified atom stereocenters. The largest absolute Gasteiger partial charge is 0.500 e. The van der Waals surface area contributed by atoms with E-state index in [1.165, 1.54) is 32.2 Å². The molecule has 0 aromatic heterocycles. The SMILES string of the molecule is C1CCNC1.C1COCCN1.C=CCN.C=COCCN(CC)CC.CN(C)CCN(C)C.CN1CCOCC1.COCCCN.COCCNCCOC.Cc1ccccc1N=C(N)Nc1ccccc1C.N=C(N)N. The number of hydrogen-bond donors (Lipinski definition) is 10. The molecule has 452 valence electrons. The van der Waals surface area contributed by atoms with Crippen LogP contribution in [0, 0.1) is 19.3 Å². The van der Waals surface area contributed by atoms with Crippen LogP contribution in [0.3, 0.4) is 0 Å². The van der Waals surface area contributed by atoms with Crippen molar-refractivity contribution in [2.24, 2.45) is 33.7 Å². The number of nitrogens with zero attached hydrogens (tertiary/aromatic N) is 5. The molecular weight excluding hydrogens is 979 g/mol. The second-order valence-corrected chi connectivity index (χ2v) is 17.5. The minimum atomic E-state index is -0.333. The van der Waals surface area contributed by atoms with Gasteiger partial charge in [-0.15, -0.1) is 6.58 Å². The van der Waals surface area contributed by atoms with Crippen molar-refractivity contribution in [1.29, 1.82) is 5.41 Å². The van der Waals surface area contributed by atoms with Crippen molar-refractivity contribution < 1.29 is 28.4 Å². The number of anilines is 1. The van der Waals surface area contributed by atoms with E-state index in [-0.39, 0.29) is 5.96 Å². The third-order valence-electron chi connectivity index (χ3n) is 10.0. The van der Waals surface area contributed by atoms with E-state index in [9.17, 15) is 0 Å². The highest BCUT2D eigenvalue weighted by atomic mass is 16.5. The number of benzene rings is 2. The van der Waals surface area contributed by atoms with Gasteiger partial charge in [0.15, 0.2) is 11.9 Å². The molecule has 3 heterocycles. The van der Waals surface area contributed by atoms with Gasteiger partial charge in [-0.05, 0) is 124 Å². The fourth-order valence-electron chi connectivity index (χ4n) is 5.40. The van der Waals surface area contributed by atoms with Gasteiger partial charge in [-0.3, -0.25) is 5.41 Å². The molecule has 2 aromatic carbocycles. The smallest absolute Gasteiger partial charge is 0.198 e. The summed E-state index contributed by atoms with van der Waals surface area (Å²) in [6.45, 7) is 37.2. The summed E-state index contributed by atoms with van der Waals surface area (Å²) in [4.78, 5) is 13.3. The molecule has 2 aromatic rings. The zero-order chi connectivity index (χ0) is 59.0. The fourth-order valence-corrected chi connectivity index (χ4v) is 5.40. The third-order valence-corrected chi connectivity index (χ3v) is 10.0. The van der Waals surface area contributed by atoms with Gasteiger partial charge in [-0.25, -0.2) is 4.99 Å². The molecule has 77 heavy (non-hydrogen) atoms. The summed E-state index contributed by atoms with van der Waals surface area (Å²) in [5.74, 6) is 0.0681. The van der Waals surface area contributed by atoms with Crippen molar-refractivity contribution in [3.8, 4) is 0 Å². The van der Waals surface area contributed by atoms with Crippen molar-refractivity contribution in [1.82, 2.24) is 35.6 Å². The number of aryl methyl sites for hydroxylation is 2. The first kappa shape index (κ1) is 81.5. The van der Waals surface area contributed by atoms with Crippen molar-refractivity contribution in [3.63, 3.8) is 0 Å². The molecule has 0 atom stereocenters. The Morgan fingerprint density at radius 3 is 1.52 bits per heavy atom. The van der Waals surface area contributed by atoms with Gasteiger partial charge < -0.3 is 98.0 Å². The predicted octanol–water partition coefficient (Wildman–Crippen LogP) is 3.70. The van der Waals surface area contributed by atoms with Gasteiger partial charge in [0.1, 0.15) is 0 Å². The number of methoxy groups -OCH3 is 3. The molecular formula is C56H117N15O6. The minimum absolute atomic E-state index is 0.333. The topological polar surface area (TPSA) is 283 Å².